The zero-order chi connectivity index (χ0) is 15.9. The smallest absolute Gasteiger partial charge is 1.00 e. The number of halogens is 2. The van der Waals surface area contributed by atoms with Crippen molar-refractivity contribution < 1.29 is 58.6 Å². The Morgan fingerprint density at radius 1 is 1.12 bits per heavy atom. The third kappa shape index (κ3) is 7.17. The molecule has 1 aliphatic carbocycles. The number of aryl methyl sites for hydroxylation is 1. The van der Waals surface area contributed by atoms with Gasteiger partial charge in [0, 0.05) is 11.0 Å². The van der Waals surface area contributed by atoms with Gasteiger partial charge in [0.05, 0.1) is 18.1 Å². The van der Waals surface area contributed by atoms with Gasteiger partial charge in [-0.25, -0.2) is 0 Å². The minimum atomic E-state index is 0. The Hall–Kier alpha value is -0.767. The predicted octanol–water partition coefficient (Wildman–Crippen LogP) is -1.66. The van der Waals surface area contributed by atoms with E-state index in [1.165, 1.54) is 10.5 Å². The maximum absolute atomic E-state index is 9.18. The summed E-state index contributed by atoms with van der Waals surface area (Å²) in [7, 11) is 0. The van der Waals surface area contributed by atoms with Gasteiger partial charge in [-0.1, -0.05) is 30.0 Å². The third-order valence-corrected chi connectivity index (χ3v) is 4.45. The van der Waals surface area contributed by atoms with Crippen LogP contribution in [0.1, 0.15) is 25.8 Å². The molecule has 132 valence electrons. The van der Waals surface area contributed by atoms with Crippen molar-refractivity contribution >= 4 is 17.5 Å². The van der Waals surface area contributed by atoms with Gasteiger partial charge < -0.3 is 39.8 Å². The molecule has 0 aromatic heterocycles. The number of hydrogen-bond donors (Lipinski definition) is 0. The summed E-state index contributed by atoms with van der Waals surface area (Å²) >= 11 is 1.64. The van der Waals surface area contributed by atoms with Crippen molar-refractivity contribution in [1.29, 1.82) is 0 Å². The number of rotatable bonds is 6. The van der Waals surface area contributed by atoms with Gasteiger partial charge in [0.1, 0.15) is 12.2 Å². The van der Waals surface area contributed by atoms with E-state index in [0.29, 0.717) is 31.1 Å². The summed E-state index contributed by atoms with van der Waals surface area (Å²) in [5.41, 5.74) is 10.9. The van der Waals surface area contributed by atoms with E-state index in [2.05, 4.69) is 23.8 Å². The molecule has 0 N–H and O–H groups in total. The minimum absolute atomic E-state index is 0. The van der Waals surface area contributed by atoms with Crippen LogP contribution in [0.2, 0.25) is 0 Å². The average Bonchev–Trinajstić information content (AvgIpc) is 2.52. The van der Waals surface area contributed by atoms with Crippen molar-refractivity contribution in [3.63, 3.8) is 0 Å². The fourth-order valence-corrected chi connectivity index (χ4v) is 3.17. The minimum Gasteiger partial charge on any atom is -1.00 e. The number of allylic oxidation sites excluding steroid dienone is 3. The maximum atomic E-state index is 9.18. The maximum Gasteiger partial charge on any atom is 2.00 e. The number of hydrogen-bond acceptors (Lipinski definition) is 3. The van der Waals surface area contributed by atoms with Gasteiger partial charge in [-0.3, -0.25) is 0 Å². The summed E-state index contributed by atoms with van der Waals surface area (Å²) < 4.78 is 11.3. The second kappa shape index (κ2) is 13.4. The predicted molar refractivity (Wildman–Crippen MR) is 88.6 cm³/mol. The zero-order valence-electron chi connectivity index (χ0n) is 14.6. The molecule has 0 amide bonds. The molecule has 0 spiro atoms. The van der Waals surface area contributed by atoms with Crippen molar-refractivity contribution in [2.75, 3.05) is 13.2 Å². The van der Waals surface area contributed by atoms with Crippen LogP contribution in [0.15, 0.2) is 51.7 Å². The summed E-state index contributed by atoms with van der Waals surface area (Å²) in [5.74, 6) is 1.41. The van der Waals surface area contributed by atoms with E-state index in [0.717, 1.165) is 10.7 Å². The van der Waals surface area contributed by atoms with Gasteiger partial charge in [-0.2, -0.15) is 4.79 Å². The van der Waals surface area contributed by atoms with Gasteiger partial charge in [-0.05, 0) is 32.4 Å². The standard InChI is InChI=1S/C17H20N2O2S.2ClH.Zn/c1-4-20-14-11-17(15(21-5-2)10-13(14)19-18)22-16-9-7-6-8-12(16)3;;;/h6-9,11H,4-5,10H2,1-3H3;2*1H;/q;;;+2/p-2. The number of ether oxygens (including phenoxy) is 2. The van der Waals surface area contributed by atoms with Gasteiger partial charge in [0.2, 0.25) is 5.76 Å². The van der Waals surface area contributed by atoms with Crippen molar-refractivity contribution in [2.24, 2.45) is 0 Å². The average molecular weight is 453 g/mol. The molecule has 1 aliphatic rings. The summed E-state index contributed by atoms with van der Waals surface area (Å²) in [4.78, 5) is 5.50. The van der Waals surface area contributed by atoms with E-state index >= 15 is 0 Å². The van der Waals surface area contributed by atoms with Gasteiger partial charge in [0.25, 0.3) is 0 Å². The van der Waals surface area contributed by atoms with Crippen molar-refractivity contribution in [3.05, 3.63) is 57.9 Å². The van der Waals surface area contributed by atoms with E-state index in [9.17, 15) is 5.53 Å². The van der Waals surface area contributed by atoms with Crippen molar-refractivity contribution in [2.45, 2.75) is 32.1 Å². The number of benzene rings is 1. The molecule has 4 nitrogen and oxygen atoms in total. The topological polar surface area (TPSA) is 54.9 Å². The van der Waals surface area contributed by atoms with E-state index in [-0.39, 0.29) is 44.3 Å². The summed E-state index contributed by atoms with van der Waals surface area (Å²) in [6.45, 7) is 7.03. The molecular weight excluding hydrogens is 433 g/mol. The van der Waals surface area contributed by atoms with Crippen LogP contribution in [-0.4, -0.2) is 23.7 Å². The molecule has 0 bridgehead atoms. The Morgan fingerprint density at radius 2 is 1.76 bits per heavy atom. The number of nitrogens with zero attached hydrogens (tertiary/aromatic N) is 2. The van der Waals surface area contributed by atoms with Crippen LogP contribution in [0.4, 0.5) is 0 Å². The third-order valence-electron chi connectivity index (χ3n) is 3.20. The van der Waals surface area contributed by atoms with Crippen LogP contribution in [0.25, 0.3) is 5.53 Å². The molecule has 0 saturated heterocycles. The second-order valence-corrected chi connectivity index (χ2v) is 5.84. The van der Waals surface area contributed by atoms with E-state index in [4.69, 9.17) is 9.47 Å². The van der Waals surface area contributed by atoms with Crippen molar-refractivity contribution in [3.8, 4) is 0 Å². The van der Waals surface area contributed by atoms with Crippen molar-refractivity contribution in [1.82, 2.24) is 0 Å². The van der Waals surface area contributed by atoms with Crippen LogP contribution in [0.5, 0.6) is 0 Å². The molecule has 1 aromatic carbocycles. The van der Waals surface area contributed by atoms with Crippen LogP contribution < -0.4 is 24.8 Å². The first kappa shape index (κ1) is 26.5. The normalized spacial score (nSPS) is 12.8. The van der Waals surface area contributed by atoms with Crippen LogP contribution >= 0.6 is 11.8 Å². The Bertz CT molecular complexity index is 674. The second-order valence-electron chi connectivity index (χ2n) is 4.75. The first-order valence-corrected chi connectivity index (χ1v) is 8.16. The van der Waals surface area contributed by atoms with Gasteiger partial charge >= 0.3 is 25.2 Å². The Kier molecular flexibility index (Phi) is 14.2. The first-order chi connectivity index (χ1) is 10.7. The number of thioether (sulfide) groups is 1. The quantitative estimate of drug-likeness (QED) is 0.295. The molecule has 0 fully saturated rings. The molecule has 8 heteroatoms. The first-order valence-electron chi connectivity index (χ1n) is 7.34. The Balaban J connectivity index is 0. The summed E-state index contributed by atoms with van der Waals surface area (Å²) in [6.07, 6.45) is 2.33. The molecule has 0 radical (unpaired) electrons. The van der Waals surface area contributed by atoms with Crippen LogP contribution in [0.3, 0.4) is 0 Å². The monoisotopic (exact) mass is 450 g/mol. The van der Waals surface area contributed by atoms with E-state index in [1.807, 2.05) is 32.1 Å². The molecule has 0 aliphatic heterocycles. The molecule has 25 heavy (non-hydrogen) atoms. The molecule has 0 unspecified atom stereocenters. The van der Waals surface area contributed by atoms with Gasteiger partial charge in [-0.15, -0.1) is 0 Å². The summed E-state index contributed by atoms with van der Waals surface area (Å²) in [6, 6.07) is 8.21. The van der Waals surface area contributed by atoms with E-state index < -0.39 is 0 Å². The van der Waals surface area contributed by atoms with Crippen LogP contribution in [0, 0.1) is 6.92 Å². The van der Waals surface area contributed by atoms with Crippen LogP contribution in [-0.2, 0) is 29.0 Å². The fraction of sp³-hybridized carbons (Fsp3) is 0.353. The molecular formula is C17H20Cl2N2O2SZn. The molecule has 1 aromatic rings. The fourth-order valence-electron chi connectivity index (χ4n) is 2.15. The zero-order valence-corrected chi connectivity index (χ0v) is 19.9. The SMILES string of the molecule is CCOC1=CC(Sc2ccccc2C)=C(OCC)CC1=[N+]=[N-].[Cl-].[Cl-].[Zn+2]. The molecule has 0 heterocycles. The molecule has 2 rings (SSSR count). The largest absolute Gasteiger partial charge is 2.00 e. The van der Waals surface area contributed by atoms with E-state index in [1.54, 1.807) is 11.8 Å². The summed E-state index contributed by atoms with van der Waals surface area (Å²) in [5, 5.41) is 0. The Labute approximate surface area is 178 Å². The van der Waals surface area contributed by atoms with Gasteiger partial charge in [0.15, 0.2) is 0 Å². The molecule has 0 atom stereocenters. The Morgan fingerprint density at radius 3 is 2.32 bits per heavy atom. The molecule has 0 saturated carbocycles.